The first-order valence-corrected chi connectivity index (χ1v) is 5.56. The molecule has 1 aliphatic carbocycles. The maximum Gasteiger partial charge on any atom is 0.133 e. The second-order valence-corrected chi connectivity index (χ2v) is 4.94. The maximum absolute atomic E-state index is 5.93. The Morgan fingerprint density at radius 2 is 2.21 bits per heavy atom. The number of rotatable bonds is 3. The number of halogens is 1. The number of hydrogen-bond donors (Lipinski definition) is 1. The smallest absolute Gasteiger partial charge is 0.133 e. The van der Waals surface area contributed by atoms with Crippen molar-refractivity contribution in [2.45, 2.75) is 25.3 Å². The predicted octanol–water partition coefficient (Wildman–Crippen LogP) is 2.63. The molecule has 0 aromatic heterocycles. The Kier molecular flexibility index (Phi) is 2.54. The molecular weight excluding hydrogens is 242 g/mol. The Morgan fingerprint density at radius 1 is 1.50 bits per heavy atom. The summed E-state index contributed by atoms with van der Waals surface area (Å²) in [7, 11) is 0. The molecule has 1 aromatic carbocycles. The van der Waals surface area contributed by atoms with Crippen LogP contribution >= 0.6 is 15.9 Å². The van der Waals surface area contributed by atoms with E-state index in [-0.39, 0.29) is 5.54 Å². The molecule has 3 heteroatoms. The summed E-state index contributed by atoms with van der Waals surface area (Å²) in [6.07, 6.45) is 2.16. The van der Waals surface area contributed by atoms with Gasteiger partial charge in [0.05, 0.1) is 10.0 Å². The number of aryl methyl sites for hydroxylation is 1. The number of nitrogens with two attached hydrogens (primary N) is 1. The third-order valence-corrected chi connectivity index (χ3v) is 3.11. The van der Waals surface area contributed by atoms with Crippen molar-refractivity contribution in [3.63, 3.8) is 0 Å². The Bertz CT molecular complexity index is 347. The molecule has 0 radical (unpaired) electrons. The largest absolute Gasteiger partial charge is 0.490 e. The van der Waals surface area contributed by atoms with Gasteiger partial charge in [0.1, 0.15) is 12.4 Å². The van der Waals surface area contributed by atoms with Crippen molar-refractivity contribution in [1.82, 2.24) is 0 Å². The molecule has 2 rings (SSSR count). The zero-order chi connectivity index (χ0) is 10.2. The van der Waals surface area contributed by atoms with Crippen LogP contribution in [0.5, 0.6) is 5.75 Å². The lowest BCUT2D eigenvalue weighted by Crippen LogP contribution is -2.29. The summed E-state index contributed by atoms with van der Waals surface area (Å²) >= 11 is 3.47. The zero-order valence-electron chi connectivity index (χ0n) is 8.22. The molecule has 0 bridgehead atoms. The molecule has 2 N–H and O–H groups in total. The van der Waals surface area contributed by atoms with Crippen molar-refractivity contribution < 1.29 is 4.74 Å². The average Bonchev–Trinajstić information content (AvgIpc) is 2.83. The van der Waals surface area contributed by atoms with Gasteiger partial charge in [0, 0.05) is 0 Å². The van der Waals surface area contributed by atoms with Crippen LogP contribution in [0.1, 0.15) is 18.4 Å². The van der Waals surface area contributed by atoms with E-state index in [4.69, 9.17) is 10.5 Å². The molecule has 76 valence electrons. The van der Waals surface area contributed by atoms with Gasteiger partial charge in [0.25, 0.3) is 0 Å². The second-order valence-electron chi connectivity index (χ2n) is 4.08. The summed E-state index contributed by atoms with van der Waals surface area (Å²) in [6.45, 7) is 2.68. The van der Waals surface area contributed by atoms with Gasteiger partial charge in [-0.05, 0) is 53.4 Å². The SMILES string of the molecule is Cc1ccc(OCC2(N)CC2)c(Br)c1. The minimum absolute atomic E-state index is 0.0513. The van der Waals surface area contributed by atoms with Gasteiger partial charge in [-0.1, -0.05) is 6.07 Å². The quantitative estimate of drug-likeness (QED) is 0.902. The molecule has 1 fully saturated rings. The minimum atomic E-state index is -0.0513. The molecule has 14 heavy (non-hydrogen) atoms. The van der Waals surface area contributed by atoms with E-state index in [1.54, 1.807) is 0 Å². The minimum Gasteiger partial charge on any atom is -0.490 e. The average molecular weight is 256 g/mol. The van der Waals surface area contributed by atoms with E-state index in [2.05, 4.69) is 22.9 Å². The summed E-state index contributed by atoms with van der Waals surface area (Å²) in [6, 6.07) is 6.06. The standard InChI is InChI=1S/C11H14BrNO/c1-8-2-3-10(9(12)6-8)14-7-11(13)4-5-11/h2-3,6H,4-5,7,13H2,1H3. The van der Waals surface area contributed by atoms with E-state index in [0.29, 0.717) is 6.61 Å². The molecule has 1 saturated carbocycles. The van der Waals surface area contributed by atoms with E-state index >= 15 is 0 Å². The van der Waals surface area contributed by atoms with Gasteiger partial charge in [-0.3, -0.25) is 0 Å². The van der Waals surface area contributed by atoms with Gasteiger partial charge >= 0.3 is 0 Å². The molecule has 0 spiro atoms. The normalized spacial score (nSPS) is 17.9. The molecular formula is C11H14BrNO. The van der Waals surface area contributed by atoms with Crippen LogP contribution < -0.4 is 10.5 Å². The summed E-state index contributed by atoms with van der Waals surface area (Å²) in [5, 5.41) is 0. The van der Waals surface area contributed by atoms with E-state index in [9.17, 15) is 0 Å². The van der Waals surface area contributed by atoms with Crippen LogP contribution in [0.4, 0.5) is 0 Å². The van der Waals surface area contributed by atoms with Crippen molar-refractivity contribution in [3.8, 4) is 5.75 Å². The number of hydrogen-bond acceptors (Lipinski definition) is 2. The molecule has 2 nitrogen and oxygen atoms in total. The highest BCUT2D eigenvalue weighted by Crippen LogP contribution is 2.34. The van der Waals surface area contributed by atoms with Crippen LogP contribution in [0, 0.1) is 6.92 Å². The first-order valence-electron chi connectivity index (χ1n) is 4.77. The highest BCUT2D eigenvalue weighted by molar-refractivity contribution is 9.10. The maximum atomic E-state index is 5.93. The first-order chi connectivity index (χ1) is 6.59. The molecule has 0 unspecified atom stereocenters. The first kappa shape index (κ1) is 9.99. The lowest BCUT2D eigenvalue weighted by Gasteiger charge is -2.12. The van der Waals surface area contributed by atoms with Crippen LogP contribution in [0.25, 0.3) is 0 Å². The fourth-order valence-electron chi connectivity index (χ4n) is 1.25. The van der Waals surface area contributed by atoms with Gasteiger partial charge in [-0.2, -0.15) is 0 Å². The highest BCUT2D eigenvalue weighted by atomic mass is 79.9. The monoisotopic (exact) mass is 255 g/mol. The summed E-state index contributed by atoms with van der Waals surface area (Å²) < 4.78 is 6.65. The second kappa shape index (κ2) is 3.55. The molecule has 0 saturated heterocycles. The lowest BCUT2D eigenvalue weighted by atomic mass is 10.2. The van der Waals surface area contributed by atoms with Crippen LogP contribution in [0.15, 0.2) is 22.7 Å². The van der Waals surface area contributed by atoms with Gasteiger partial charge in [0.2, 0.25) is 0 Å². The summed E-state index contributed by atoms with van der Waals surface area (Å²) in [4.78, 5) is 0. The summed E-state index contributed by atoms with van der Waals surface area (Å²) in [5.74, 6) is 0.882. The van der Waals surface area contributed by atoms with Crippen LogP contribution in [0.3, 0.4) is 0 Å². The Hall–Kier alpha value is -0.540. The van der Waals surface area contributed by atoms with Gasteiger partial charge < -0.3 is 10.5 Å². The third-order valence-electron chi connectivity index (χ3n) is 2.49. The van der Waals surface area contributed by atoms with Crippen LogP contribution in [0.2, 0.25) is 0 Å². The Morgan fingerprint density at radius 3 is 2.79 bits per heavy atom. The van der Waals surface area contributed by atoms with E-state index in [1.807, 2.05) is 18.2 Å². The zero-order valence-corrected chi connectivity index (χ0v) is 9.80. The molecule has 1 aliphatic rings. The fourth-order valence-corrected chi connectivity index (χ4v) is 1.86. The van der Waals surface area contributed by atoms with Crippen molar-refractivity contribution >= 4 is 15.9 Å². The highest BCUT2D eigenvalue weighted by Gasteiger charge is 2.39. The molecule has 1 aromatic rings. The number of ether oxygens (including phenoxy) is 1. The molecule has 0 atom stereocenters. The Balaban J connectivity index is 2.02. The molecule has 0 amide bonds. The topological polar surface area (TPSA) is 35.2 Å². The predicted molar refractivity (Wildman–Crippen MR) is 60.5 cm³/mol. The van der Waals surface area contributed by atoms with Crippen LogP contribution in [-0.2, 0) is 0 Å². The molecule has 0 aliphatic heterocycles. The molecule has 0 heterocycles. The van der Waals surface area contributed by atoms with E-state index in [0.717, 1.165) is 23.1 Å². The van der Waals surface area contributed by atoms with Gasteiger partial charge in [0.15, 0.2) is 0 Å². The summed E-state index contributed by atoms with van der Waals surface area (Å²) in [5.41, 5.74) is 7.10. The van der Waals surface area contributed by atoms with Crippen molar-refractivity contribution in [3.05, 3.63) is 28.2 Å². The third kappa shape index (κ3) is 2.28. The van der Waals surface area contributed by atoms with Crippen molar-refractivity contribution in [1.29, 1.82) is 0 Å². The van der Waals surface area contributed by atoms with E-state index in [1.165, 1.54) is 5.56 Å². The van der Waals surface area contributed by atoms with Gasteiger partial charge in [-0.15, -0.1) is 0 Å². The van der Waals surface area contributed by atoms with Crippen LogP contribution in [-0.4, -0.2) is 12.1 Å². The van der Waals surface area contributed by atoms with E-state index < -0.39 is 0 Å². The Labute approximate surface area is 92.6 Å². The fraction of sp³-hybridized carbons (Fsp3) is 0.455. The van der Waals surface area contributed by atoms with Crippen molar-refractivity contribution in [2.24, 2.45) is 5.73 Å². The van der Waals surface area contributed by atoms with Gasteiger partial charge in [-0.25, -0.2) is 0 Å². The van der Waals surface area contributed by atoms with Crippen molar-refractivity contribution in [2.75, 3.05) is 6.61 Å². The number of benzene rings is 1. The lowest BCUT2D eigenvalue weighted by molar-refractivity contribution is 0.278.